The smallest absolute Gasteiger partial charge is 0.303 e. The molecule has 1 aromatic rings. The molecule has 5 atom stereocenters. The van der Waals surface area contributed by atoms with Crippen LogP contribution in [0.4, 0.5) is 5.69 Å². The third-order valence-electron chi connectivity index (χ3n) is 5.26. The van der Waals surface area contributed by atoms with Crippen LogP contribution in [0.3, 0.4) is 0 Å². The molecule has 0 saturated heterocycles. The van der Waals surface area contributed by atoms with Gasteiger partial charge in [0.1, 0.15) is 24.2 Å². The van der Waals surface area contributed by atoms with Crippen LogP contribution in [0.25, 0.3) is 10.4 Å². The zero-order valence-corrected chi connectivity index (χ0v) is 17.6. The molecule has 1 aromatic carbocycles. The van der Waals surface area contributed by atoms with Gasteiger partial charge in [-0.1, -0.05) is 29.4 Å². The van der Waals surface area contributed by atoms with Crippen molar-refractivity contribution in [2.75, 3.05) is 6.61 Å². The van der Waals surface area contributed by atoms with Gasteiger partial charge in [0.25, 0.3) is 0 Å². The second kappa shape index (κ2) is 12.7. The Balaban J connectivity index is 1.89. The molecule has 1 aliphatic rings. The van der Waals surface area contributed by atoms with E-state index in [9.17, 15) is 25.2 Å². The molecule has 5 N–H and O–H groups in total. The summed E-state index contributed by atoms with van der Waals surface area (Å²) in [5.41, 5.74) is 8.67. The normalized spacial score (nSPS) is 24.0. The lowest BCUT2D eigenvalue weighted by Crippen LogP contribution is -2.21. The van der Waals surface area contributed by atoms with E-state index in [4.69, 9.17) is 15.4 Å². The number of benzene rings is 1. The molecule has 0 heterocycles. The molecule has 1 aliphatic carbocycles. The first-order chi connectivity index (χ1) is 15.3. The number of carbonyl (C=O) groups is 1. The van der Waals surface area contributed by atoms with Gasteiger partial charge in [-0.3, -0.25) is 4.79 Å². The van der Waals surface area contributed by atoms with Crippen LogP contribution >= 0.6 is 0 Å². The second-order valence-electron chi connectivity index (χ2n) is 7.74. The highest BCUT2D eigenvalue weighted by Gasteiger charge is 2.39. The average molecular weight is 447 g/mol. The van der Waals surface area contributed by atoms with Crippen LogP contribution in [0.1, 0.15) is 32.1 Å². The number of ether oxygens (including phenoxy) is 1. The maximum Gasteiger partial charge on any atom is 0.303 e. The quantitative estimate of drug-likeness (QED) is 0.107. The van der Waals surface area contributed by atoms with Crippen LogP contribution in [0.2, 0.25) is 0 Å². The summed E-state index contributed by atoms with van der Waals surface area (Å²) in [4.78, 5) is 13.2. The minimum atomic E-state index is -1.00. The highest BCUT2D eigenvalue weighted by molar-refractivity contribution is 5.66. The molecule has 0 radical (unpaired) electrons. The van der Waals surface area contributed by atoms with Gasteiger partial charge in [0, 0.05) is 35.4 Å². The zero-order chi connectivity index (χ0) is 23.5. The van der Waals surface area contributed by atoms with Crippen molar-refractivity contribution in [2.45, 2.75) is 50.4 Å². The topological polar surface area (TPSA) is 176 Å². The fourth-order valence-electron chi connectivity index (χ4n) is 3.70. The number of aromatic hydroxyl groups is 1. The number of rotatable bonds is 12. The molecule has 0 aliphatic heterocycles. The Labute approximate surface area is 185 Å². The summed E-state index contributed by atoms with van der Waals surface area (Å²) in [5.74, 6) is -1.32. The number of phenolic OH excluding ortho intramolecular Hbond substituents is 1. The second-order valence-corrected chi connectivity index (χ2v) is 7.74. The van der Waals surface area contributed by atoms with Crippen LogP contribution in [0, 0.1) is 11.8 Å². The minimum Gasteiger partial charge on any atom is -0.508 e. The Kier molecular flexibility index (Phi) is 10.0. The Morgan fingerprint density at radius 1 is 1.28 bits per heavy atom. The number of nitrogens with zero attached hydrogens (tertiary/aromatic N) is 3. The summed E-state index contributed by atoms with van der Waals surface area (Å²) >= 11 is 0. The predicted octanol–water partition coefficient (Wildman–Crippen LogP) is 3.19. The third-order valence-corrected chi connectivity index (χ3v) is 5.26. The molecule has 0 unspecified atom stereocenters. The molecule has 32 heavy (non-hydrogen) atoms. The number of hydrogen-bond donors (Lipinski definition) is 5. The van der Waals surface area contributed by atoms with Gasteiger partial charge < -0.3 is 30.3 Å². The summed E-state index contributed by atoms with van der Waals surface area (Å²) in [6.07, 6.45) is 6.56. The summed E-state index contributed by atoms with van der Waals surface area (Å²) in [6, 6.07) is 4.02. The number of aliphatic carboxylic acids is 1. The molecule has 1 fully saturated rings. The minimum absolute atomic E-state index is 0.107. The highest BCUT2D eigenvalue weighted by atomic mass is 16.5. The first kappa shape index (κ1) is 25.2. The standard InChI is InChI=1S/C22H29N3O7/c23-25-24-14-9-16(27)11-17(10-14)32-13-15(26)7-8-19-18(20(28)12-21(19)29)5-3-1-2-4-6-22(30)31/h1,3,7-11,15,18-21,26-29H,2,4-6,12-13H2,(H,30,31)/b3-1-,8-7+/t15-,18-,19-,20+,21-/m1/s1. The molecule has 10 nitrogen and oxygen atoms in total. The highest BCUT2D eigenvalue weighted by Crippen LogP contribution is 2.36. The fourth-order valence-corrected chi connectivity index (χ4v) is 3.70. The van der Waals surface area contributed by atoms with Crippen molar-refractivity contribution in [3.8, 4) is 11.5 Å². The predicted molar refractivity (Wildman–Crippen MR) is 116 cm³/mol. The van der Waals surface area contributed by atoms with E-state index in [1.165, 1.54) is 24.3 Å². The van der Waals surface area contributed by atoms with Crippen LogP contribution in [-0.2, 0) is 4.79 Å². The van der Waals surface area contributed by atoms with Gasteiger partial charge in [-0.2, -0.15) is 0 Å². The lowest BCUT2D eigenvalue weighted by Gasteiger charge is -2.19. The van der Waals surface area contributed by atoms with E-state index >= 15 is 0 Å². The summed E-state index contributed by atoms with van der Waals surface area (Å²) in [7, 11) is 0. The number of aliphatic hydroxyl groups excluding tert-OH is 3. The van der Waals surface area contributed by atoms with Gasteiger partial charge >= 0.3 is 5.97 Å². The van der Waals surface area contributed by atoms with Crippen molar-refractivity contribution in [1.82, 2.24) is 0 Å². The Bertz CT molecular complexity index is 867. The van der Waals surface area contributed by atoms with E-state index < -0.39 is 24.3 Å². The molecule has 0 bridgehead atoms. The van der Waals surface area contributed by atoms with E-state index in [0.29, 0.717) is 19.3 Å². The van der Waals surface area contributed by atoms with E-state index in [-0.39, 0.29) is 48.5 Å². The van der Waals surface area contributed by atoms with Crippen molar-refractivity contribution >= 4 is 11.7 Å². The SMILES string of the molecule is [N-]=[N+]=Nc1cc(O)cc(OC[C@H](O)/C=C/[C@@H]2[C@@H](C/C=C\CCCC(=O)O)[C@@H](O)C[C@H]2O)c1. The van der Waals surface area contributed by atoms with Gasteiger partial charge in [0.05, 0.1) is 12.2 Å². The number of azide groups is 1. The Morgan fingerprint density at radius 3 is 2.78 bits per heavy atom. The van der Waals surface area contributed by atoms with Crippen LogP contribution < -0.4 is 4.74 Å². The summed E-state index contributed by atoms with van der Waals surface area (Å²) in [5, 5.41) is 52.4. The van der Waals surface area contributed by atoms with Crippen LogP contribution in [0.15, 0.2) is 47.6 Å². The Morgan fingerprint density at radius 2 is 2.06 bits per heavy atom. The molecule has 2 rings (SSSR count). The van der Waals surface area contributed by atoms with Gasteiger partial charge in [0.15, 0.2) is 0 Å². The monoisotopic (exact) mass is 447 g/mol. The van der Waals surface area contributed by atoms with Crippen molar-refractivity contribution in [3.63, 3.8) is 0 Å². The lowest BCUT2D eigenvalue weighted by molar-refractivity contribution is -0.137. The van der Waals surface area contributed by atoms with E-state index in [0.717, 1.165) is 0 Å². The number of unbranched alkanes of at least 4 members (excludes halogenated alkanes) is 1. The summed E-state index contributed by atoms with van der Waals surface area (Å²) in [6.45, 7) is -0.130. The number of phenols is 1. The van der Waals surface area contributed by atoms with Crippen molar-refractivity contribution in [1.29, 1.82) is 0 Å². The number of allylic oxidation sites excluding steroid dienone is 2. The molecule has 174 valence electrons. The maximum atomic E-state index is 10.5. The average Bonchev–Trinajstić information content (AvgIpc) is 2.99. The maximum absolute atomic E-state index is 10.5. The van der Waals surface area contributed by atoms with Crippen molar-refractivity contribution in [2.24, 2.45) is 17.0 Å². The van der Waals surface area contributed by atoms with E-state index in [1.54, 1.807) is 6.08 Å². The van der Waals surface area contributed by atoms with E-state index in [2.05, 4.69) is 10.0 Å². The van der Waals surface area contributed by atoms with Gasteiger partial charge in [-0.05, 0) is 42.8 Å². The molecule has 10 heteroatoms. The van der Waals surface area contributed by atoms with Crippen LogP contribution in [-0.4, -0.2) is 56.4 Å². The Hall–Kier alpha value is -3.04. The van der Waals surface area contributed by atoms with Crippen molar-refractivity contribution < 1.29 is 35.1 Å². The zero-order valence-electron chi connectivity index (χ0n) is 17.6. The van der Waals surface area contributed by atoms with Crippen LogP contribution in [0.5, 0.6) is 11.5 Å². The molecule has 0 spiro atoms. The largest absolute Gasteiger partial charge is 0.508 e. The number of carboxylic acid groups (broad SMARTS) is 1. The first-order valence-electron chi connectivity index (χ1n) is 10.4. The summed E-state index contributed by atoms with van der Waals surface area (Å²) < 4.78 is 5.44. The number of hydrogen-bond acceptors (Lipinski definition) is 7. The van der Waals surface area contributed by atoms with Gasteiger partial charge in [-0.25, -0.2) is 0 Å². The molecular weight excluding hydrogens is 418 g/mol. The molecule has 0 aromatic heterocycles. The molecule has 0 amide bonds. The van der Waals surface area contributed by atoms with E-state index in [1.807, 2.05) is 12.2 Å². The van der Waals surface area contributed by atoms with Crippen molar-refractivity contribution in [3.05, 3.63) is 52.9 Å². The van der Waals surface area contributed by atoms with Gasteiger partial charge in [0.2, 0.25) is 0 Å². The number of aliphatic hydroxyl groups is 3. The van der Waals surface area contributed by atoms with Gasteiger partial charge in [-0.15, -0.1) is 0 Å². The fraction of sp³-hybridized carbons (Fsp3) is 0.500. The number of carboxylic acids is 1. The molecular formula is C22H29N3O7. The third kappa shape index (κ3) is 8.24. The molecule has 1 saturated carbocycles. The lowest BCUT2D eigenvalue weighted by atomic mass is 9.89. The first-order valence-corrected chi connectivity index (χ1v) is 10.4.